The van der Waals surface area contributed by atoms with E-state index >= 15 is 0 Å². The van der Waals surface area contributed by atoms with Crippen molar-refractivity contribution in [3.63, 3.8) is 0 Å². The maximum absolute atomic E-state index is 12.8. The Bertz CT molecular complexity index is 1030. The molecular formula is C26H28N2O3. The highest BCUT2D eigenvalue weighted by Gasteiger charge is 2.20. The van der Waals surface area contributed by atoms with Crippen LogP contribution < -0.4 is 15.4 Å². The van der Waals surface area contributed by atoms with Crippen LogP contribution in [0.3, 0.4) is 0 Å². The van der Waals surface area contributed by atoms with Crippen LogP contribution in [0.2, 0.25) is 0 Å². The lowest BCUT2D eigenvalue weighted by Gasteiger charge is -2.19. The molecule has 0 saturated carbocycles. The van der Waals surface area contributed by atoms with Gasteiger partial charge in [-0.25, -0.2) is 0 Å². The zero-order valence-corrected chi connectivity index (χ0v) is 18.1. The second-order valence-electron chi connectivity index (χ2n) is 7.46. The molecule has 0 spiro atoms. The molecule has 0 aliphatic heterocycles. The van der Waals surface area contributed by atoms with E-state index in [1.54, 1.807) is 24.3 Å². The lowest BCUT2D eigenvalue weighted by molar-refractivity contribution is -0.122. The Morgan fingerprint density at radius 2 is 1.65 bits per heavy atom. The van der Waals surface area contributed by atoms with Gasteiger partial charge in [-0.1, -0.05) is 61.5 Å². The molecule has 5 heteroatoms. The quantitative estimate of drug-likeness (QED) is 0.525. The molecule has 0 aromatic heterocycles. The molecule has 0 bridgehead atoms. The molecule has 0 saturated heterocycles. The fourth-order valence-electron chi connectivity index (χ4n) is 3.23. The molecule has 2 unspecified atom stereocenters. The summed E-state index contributed by atoms with van der Waals surface area (Å²) in [6.07, 6.45) is -0.105. The highest BCUT2D eigenvalue weighted by molar-refractivity contribution is 5.98. The van der Waals surface area contributed by atoms with Gasteiger partial charge >= 0.3 is 0 Å². The molecule has 3 aromatic rings. The van der Waals surface area contributed by atoms with Crippen LogP contribution in [-0.4, -0.2) is 17.9 Å². The van der Waals surface area contributed by atoms with Gasteiger partial charge in [0, 0.05) is 11.3 Å². The number of carbonyl (C=O) groups excluding carboxylic acids is 2. The predicted octanol–water partition coefficient (Wildman–Crippen LogP) is 5.28. The molecule has 0 aliphatic rings. The van der Waals surface area contributed by atoms with E-state index in [-0.39, 0.29) is 17.9 Å². The minimum atomic E-state index is -0.628. The van der Waals surface area contributed by atoms with Crippen LogP contribution in [0.4, 0.5) is 5.69 Å². The van der Waals surface area contributed by atoms with Crippen LogP contribution in [0.25, 0.3) is 0 Å². The summed E-state index contributed by atoms with van der Waals surface area (Å²) in [7, 11) is 0. The largest absolute Gasteiger partial charge is 0.480 e. The van der Waals surface area contributed by atoms with Crippen molar-refractivity contribution in [3.05, 3.63) is 95.6 Å². The molecule has 160 valence electrons. The zero-order chi connectivity index (χ0) is 22.2. The molecule has 5 nitrogen and oxygen atoms in total. The van der Waals surface area contributed by atoms with E-state index in [1.165, 1.54) is 0 Å². The van der Waals surface area contributed by atoms with Crippen molar-refractivity contribution >= 4 is 17.5 Å². The number of aryl methyl sites for hydroxylation is 1. The van der Waals surface area contributed by atoms with E-state index in [0.717, 1.165) is 11.1 Å². The molecule has 31 heavy (non-hydrogen) atoms. The summed E-state index contributed by atoms with van der Waals surface area (Å²) in [5.41, 5.74) is 3.03. The Morgan fingerprint density at radius 1 is 0.935 bits per heavy atom. The molecular weight excluding hydrogens is 388 g/mol. The van der Waals surface area contributed by atoms with Gasteiger partial charge in [0.25, 0.3) is 11.8 Å². The number of nitrogens with one attached hydrogen (secondary N) is 2. The van der Waals surface area contributed by atoms with E-state index < -0.39 is 6.10 Å². The van der Waals surface area contributed by atoms with Crippen LogP contribution in [0, 0.1) is 6.92 Å². The summed E-state index contributed by atoms with van der Waals surface area (Å²) in [6, 6.07) is 24.2. The third-order valence-electron chi connectivity index (χ3n) is 5.07. The smallest absolute Gasteiger partial charge is 0.265 e. The first-order chi connectivity index (χ1) is 15.0. The first-order valence-corrected chi connectivity index (χ1v) is 10.5. The molecule has 2 N–H and O–H groups in total. The van der Waals surface area contributed by atoms with Crippen LogP contribution in [0.15, 0.2) is 78.9 Å². The van der Waals surface area contributed by atoms with Crippen LogP contribution in [0.5, 0.6) is 5.75 Å². The minimum absolute atomic E-state index is 0.126. The third kappa shape index (κ3) is 5.95. The number of benzene rings is 3. The van der Waals surface area contributed by atoms with Crippen molar-refractivity contribution in [2.45, 2.75) is 39.3 Å². The van der Waals surface area contributed by atoms with E-state index in [9.17, 15) is 9.59 Å². The van der Waals surface area contributed by atoms with Gasteiger partial charge in [0.1, 0.15) is 5.75 Å². The molecule has 3 aromatic carbocycles. The van der Waals surface area contributed by atoms with E-state index in [2.05, 4.69) is 10.6 Å². The fourth-order valence-corrected chi connectivity index (χ4v) is 3.23. The Morgan fingerprint density at radius 3 is 2.35 bits per heavy atom. The van der Waals surface area contributed by atoms with Crippen molar-refractivity contribution in [1.29, 1.82) is 0 Å². The second kappa shape index (κ2) is 10.4. The molecule has 0 heterocycles. The maximum Gasteiger partial charge on any atom is 0.265 e. The summed E-state index contributed by atoms with van der Waals surface area (Å²) in [5, 5.41) is 5.86. The third-order valence-corrected chi connectivity index (χ3v) is 5.07. The number of anilines is 1. The maximum atomic E-state index is 12.8. The van der Waals surface area contributed by atoms with Crippen LogP contribution in [-0.2, 0) is 4.79 Å². The molecule has 2 amide bonds. The second-order valence-corrected chi connectivity index (χ2v) is 7.46. The fraction of sp³-hybridized carbons (Fsp3) is 0.231. The van der Waals surface area contributed by atoms with E-state index in [1.807, 2.05) is 75.4 Å². The average Bonchev–Trinajstić information content (AvgIpc) is 2.79. The first-order valence-electron chi connectivity index (χ1n) is 10.5. The molecule has 3 rings (SSSR count). The van der Waals surface area contributed by atoms with Gasteiger partial charge in [-0.05, 0) is 55.7 Å². The molecule has 2 atom stereocenters. The number of carbonyl (C=O) groups is 2. The Kier molecular flexibility index (Phi) is 7.44. The Hall–Kier alpha value is -3.60. The topological polar surface area (TPSA) is 67.4 Å². The number of hydrogen-bond donors (Lipinski definition) is 2. The van der Waals surface area contributed by atoms with E-state index in [0.29, 0.717) is 23.4 Å². The highest BCUT2D eigenvalue weighted by atomic mass is 16.5. The summed E-state index contributed by atoms with van der Waals surface area (Å²) < 4.78 is 5.92. The van der Waals surface area contributed by atoms with Gasteiger partial charge in [0.05, 0.1) is 6.04 Å². The SMILES string of the molecule is CCC(Oc1ccccc1C)C(=O)Nc1cccc(C(=O)NC(C)c2ccccc2)c1. The lowest BCUT2D eigenvalue weighted by atomic mass is 10.1. The van der Waals surface area contributed by atoms with Gasteiger partial charge in [-0.2, -0.15) is 0 Å². The van der Waals surface area contributed by atoms with Gasteiger partial charge in [-0.3, -0.25) is 9.59 Å². The number of amides is 2. The molecule has 0 aliphatic carbocycles. The van der Waals surface area contributed by atoms with Crippen molar-refractivity contribution in [3.8, 4) is 5.75 Å². The highest BCUT2D eigenvalue weighted by Crippen LogP contribution is 2.20. The van der Waals surface area contributed by atoms with Crippen molar-refractivity contribution in [2.24, 2.45) is 0 Å². The number of rotatable bonds is 8. The van der Waals surface area contributed by atoms with Gasteiger partial charge < -0.3 is 15.4 Å². The average molecular weight is 417 g/mol. The van der Waals surface area contributed by atoms with Crippen molar-refractivity contribution in [1.82, 2.24) is 5.32 Å². The summed E-state index contributed by atoms with van der Waals surface area (Å²) in [4.78, 5) is 25.5. The summed E-state index contributed by atoms with van der Waals surface area (Å²) in [5.74, 6) is 0.240. The molecule has 0 radical (unpaired) electrons. The van der Waals surface area contributed by atoms with E-state index in [4.69, 9.17) is 4.74 Å². The normalized spacial score (nSPS) is 12.5. The number of ether oxygens (including phenoxy) is 1. The predicted molar refractivity (Wildman–Crippen MR) is 123 cm³/mol. The minimum Gasteiger partial charge on any atom is -0.480 e. The van der Waals surface area contributed by atoms with Crippen LogP contribution in [0.1, 0.15) is 47.8 Å². The standard InChI is InChI=1S/C26H28N2O3/c1-4-23(31-24-16-9-8-11-18(24)2)26(30)28-22-15-10-14-21(17-22)25(29)27-19(3)20-12-6-5-7-13-20/h5-17,19,23H,4H2,1-3H3,(H,27,29)(H,28,30). The number of hydrogen-bond acceptors (Lipinski definition) is 3. The molecule has 0 fully saturated rings. The summed E-state index contributed by atoms with van der Waals surface area (Å²) >= 11 is 0. The van der Waals surface area contributed by atoms with Gasteiger partial charge in [-0.15, -0.1) is 0 Å². The first kappa shape index (κ1) is 22.1. The summed E-state index contributed by atoms with van der Waals surface area (Å²) in [6.45, 7) is 5.78. The zero-order valence-electron chi connectivity index (χ0n) is 18.1. The van der Waals surface area contributed by atoms with Gasteiger partial charge in [0.15, 0.2) is 6.10 Å². The van der Waals surface area contributed by atoms with Crippen LogP contribution >= 0.6 is 0 Å². The van der Waals surface area contributed by atoms with Crippen molar-refractivity contribution in [2.75, 3.05) is 5.32 Å². The van der Waals surface area contributed by atoms with Gasteiger partial charge in [0.2, 0.25) is 0 Å². The van der Waals surface area contributed by atoms with Crippen molar-refractivity contribution < 1.29 is 14.3 Å². The monoisotopic (exact) mass is 416 g/mol. The number of para-hydroxylation sites is 1. The Balaban J connectivity index is 1.65. The Labute approximate surface area is 183 Å². The lowest BCUT2D eigenvalue weighted by Crippen LogP contribution is -2.32.